The van der Waals surface area contributed by atoms with Crippen LogP contribution in [0.25, 0.3) is 0 Å². The van der Waals surface area contributed by atoms with Gasteiger partial charge in [-0.15, -0.1) is 0 Å². The molecule has 18 heavy (non-hydrogen) atoms. The number of likely N-dealkylation sites (N-methyl/N-ethyl adjacent to an activating group) is 1. The highest BCUT2D eigenvalue weighted by Crippen LogP contribution is 2.28. The molecule has 0 bridgehead atoms. The second-order valence-corrected chi connectivity index (χ2v) is 4.15. The van der Waals surface area contributed by atoms with E-state index in [0.29, 0.717) is 17.8 Å². The van der Waals surface area contributed by atoms with E-state index in [1.807, 2.05) is 6.92 Å². The number of anilines is 1. The molecule has 0 radical (unpaired) electrons. The van der Waals surface area contributed by atoms with Crippen molar-refractivity contribution in [3.05, 3.63) is 29.8 Å². The van der Waals surface area contributed by atoms with Crippen molar-refractivity contribution in [3.8, 4) is 0 Å². The fraction of sp³-hybridized carbons (Fsp3) is 0.308. The fourth-order valence-electron chi connectivity index (χ4n) is 1.84. The van der Waals surface area contributed by atoms with E-state index in [0.717, 1.165) is 0 Å². The van der Waals surface area contributed by atoms with E-state index in [4.69, 9.17) is 0 Å². The van der Waals surface area contributed by atoms with Gasteiger partial charge in [0, 0.05) is 13.6 Å². The molecule has 0 fully saturated rings. The maximum atomic E-state index is 11.8. The number of hydrogen-bond acceptors (Lipinski definition) is 3. The second kappa shape index (κ2) is 4.60. The average Bonchev–Trinajstić information content (AvgIpc) is 2.63. The Morgan fingerprint density at radius 3 is 2.61 bits per heavy atom. The molecule has 2 rings (SSSR count). The Morgan fingerprint density at radius 2 is 1.94 bits per heavy atom. The molecule has 0 aromatic heterocycles. The monoisotopic (exact) mass is 246 g/mol. The minimum atomic E-state index is -0.631. The molecule has 5 heteroatoms. The number of nitrogens with zero attached hydrogens (tertiary/aromatic N) is 2. The average molecular weight is 246 g/mol. The van der Waals surface area contributed by atoms with Gasteiger partial charge in [-0.2, -0.15) is 0 Å². The zero-order valence-electron chi connectivity index (χ0n) is 10.3. The van der Waals surface area contributed by atoms with E-state index in [-0.39, 0.29) is 12.5 Å². The van der Waals surface area contributed by atoms with Crippen molar-refractivity contribution in [2.24, 2.45) is 0 Å². The number of hydrogen-bond donors (Lipinski definition) is 0. The molecule has 0 saturated heterocycles. The summed E-state index contributed by atoms with van der Waals surface area (Å²) in [4.78, 5) is 38.1. The maximum absolute atomic E-state index is 11.8. The molecule has 94 valence electrons. The number of amides is 2. The third-order valence-corrected chi connectivity index (χ3v) is 3.07. The molecule has 0 spiro atoms. The first-order valence-electron chi connectivity index (χ1n) is 5.75. The van der Waals surface area contributed by atoms with Crippen molar-refractivity contribution in [3.63, 3.8) is 0 Å². The largest absolute Gasteiger partial charge is 0.344 e. The van der Waals surface area contributed by atoms with Crippen LogP contribution in [0.15, 0.2) is 24.3 Å². The zero-order valence-corrected chi connectivity index (χ0v) is 10.3. The Bertz CT molecular complexity index is 525. The SMILES string of the molecule is CCN(C)C(=O)CN1C(=O)C(=O)c2ccccc21. The summed E-state index contributed by atoms with van der Waals surface area (Å²) in [6.45, 7) is 2.32. The molecule has 0 atom stereocenters. The smallest absolute Gasteiger partial charge is 0.299 e. The van der Waals surface area contributed by atoms with Crippen LogP contribution in [-0.2, 0) is 9.59 Å². The number of carbonyl (C=O) groups is 3. The number of para-hydroxylation sites is 1. The van der Waals surface area contributed by atoms with E-state index in [2.05, 4.69) is 0 Å². The summed E-state index contributed by atoms with van der Waals surface area (Å²) in [5.74, 6) is -1.36. The van der Waals surface area contributed by atoms with Gasteiger partial charge in [0.2, 0.25) is 5.91 Å². The van der Waals surface area contributed by atoms with Crippen LogP contribution in [0.4, 0.5) is 5.69 Å². The van der Waals surface area contributed by atoms with Crippen LogP contribution in [0.1, 0.15) is 17.3 Å². The van der Waals surface area contributed by atoms with Crippen molar-refractivity contribution in [2.75, 3.05) is 25.0 Å². The Labute approximate surface area is 105 Å². The molecule has 1 heterocycles. The molecule has 0 aliphatic carbocycles. The normalized spacial score (nSPS) is 13.8. The Hall–Kier alpha value is -2.17. The number of fused-ring (bicyclic) bond motifs is 1. The summed E-state index contributed by atoms with van der Waals surface area (Å²) < 4.78 is 0. The highest BCUT2D eigenvalue weighted by atomic mass is 16.2. The van der Waals surface area contributed by atoms with Gasteiger partial charge in [0.1, 0.15) is 6.54 Å². The van der Waals surface area contributed by atoms with Crippen molar-refractivity contribution in [2.45, 2.75) is 6.92 Å². The lowest BCUT2D eigenvalue weighted by molar-refractivity contribution is -0.129. The first-order valence-corrected chi connectivity index (χ1v) is 5.75. The molecule has 5 nitrogen and oxygen atoms in total. The van der Waals surface area contributed by atoms with Crippen LogP contribution in [0.2, 0.25) is 0 Å². The third kappa shape index (κ3) is 1.88. The molecule has 0 N–H and O–H groups in total. The van der Waals surface area contributed by atoms with Crippen LogP contribution < -0.4 is 4.90 Å². The molecule has 0 saturated carbocycles. The van der Waals surface area contributed by atoms with Crippen molar-refractivity contribution < 1.29 is 14.4 Å². The van der Waals surface area contributed by atoms with Gasteiger partial charge in [-0.05, 0) is 19.1 Å². The van der Waals surface area contributed by atoms with Crippen molar-refractivity contribution >= 4 is 23.3 Å². The minimum absolute atomic E-state index is 0.0913. The number of benzene rings is 1. The van der Waals surface area contributed by atoms with Crippen LogP contribution in [0.3, 0.4) is 0 Å². The Balaban J connectivity index is 2.27. The molecule has 1 aromatic rings. The molecular weight excluding hydrogens is 232 g/mol. The van der Waals surface area contributed by atoms with Gasteiger partial charge in [-0.1, -0.05) is 12.1 Å². The number of ketones is 1. The van der Waals surface area contributed by atoms with E-state index in [9.17, 15) is 14.4 Å². The summed E-state index contributed by atoms with van der Waals surface area (Å²) in [5.41, 5.74) is 0.889. The lowest BCUT2D eigenvalue weighted by Gasteiger charge is -2.20. The number of rotatable bonds is 3. The van der Waals surface area contributed by atoms with Crippen molar-refractivity contribution in [1.82, 2.24) is 4.90 Å². The predicted octanol–water partition coefficient (Wildman–Crippen LogP) is 0.694. The van der Waals surface area contributed by atoms with Gasteiger partial charge >= 0.3 is 0 Å². The second-order valence-electron chi connectivity index (χ2n) is 4.15. The quantitative estimate of drug-likeness (QED) is 0.737. The number of Topliss-reactive ketones (excluding diaryl/α,β-unsaturated/α-hetero) is 1. The molecule has 1 aromatic carbocycles. The highest BCUT2D eigenvalue weighted by molar-refractivity contribution is 6.52. The summed E-state index contributed by atoms with van der Waals surface area (Å²) in [6.07, 6.45) is 0. The van der Waals surface area contributed by atoms with E-state index in [1.165, 1.54) is 9.80 Å². The van der Waals surface area contributed by atoms with Gasteiger partial charge in [-0.25, -0.2) is 0 Å². The Morgan fingerprint density at radius 1 is 1.28 bits per heavy atom. The fourth-order valence-corrected chi connectivity index (χ4v) is 1.84. The lowest BCUT2D eigenvalue weighted by atomic mass is 10.1. The zero-order chi connectivity index (χ0) is 13.3. The van der Waals surface area contributed by atoms with E-state index >= 15 is 0 Å². The summed E-state index contributed by atoms with van der Waals surface area (Å²) in [7, 11) is 1.66. The summed E-state index contributed by atoms with van der Waals surface area (Å²) in [5, 5.41) is 0. The molecule has 1 aliphatic heterocycles. The minimum Gasteiger partial charge on any atom is -0.344 e. The first kappa shape index (κ1) is 12.3. The van der Waals surface area contributed by atoms with Crippen molar-refractivity contribution in [1.29, 1.82) is 0 Å². The van der Waals surface area contributed by atoms with Crippen LogP contribution in [0.5, 0.6) is 0 Å². The lowest BCUT2D eigenvalue weighted by Crippen LogP contribution is -2.40. The third-order valence-electron chi connectivity index (χ3n) is 3.07. The molecule has 1 aliphatic rings. The van der Waals surface area contributed by atoms with Gasteiger partial charge in [0.05, 0.1) is 11.3 Å². The van der Waals surface area contributed by atoms with E-state index < -0.39 is 11.7 Å². The summed E-state index contributed by atoms with van der Waals surface area (Å²) in [6, 6.07) is 6.72. The Kier molecular flexibility index (Phi) is 3.14. The van der Waals surface area contributed by atoms with E-state index in [1.54, 1.807) is 31.3 Å². The maximum Gasteiger partial charge on any atom is 0.299 e. The van der Waals surface area contributed by atoms with Gasteiger partial charge in [0.15, 0.2) is 0 Å². The standard InChI is InChI=1S/C13H14N2O3/c1-3-14(2)11(16)8-15-10-7-5-4-6-9(10)12(17)13(15)18/h4-7H,3,8H2,1-2H3. The first-order chi connectivity index (χ1) is 8.56. The molecular formula is C13H14N2O3. The van der Waals surface area contributed by atoms with Gasteiger partial charge < -0.3 is 4.90 Å². The summed E-state index contributed by atoms with van der Waals surface area (Å²) >= 11 is 0. The predicted molar refractivity (Wildman–Crippen MR) is 66.4 cm³/mol. The number of carbonyl (C=O) groups excluding carboxylic acids is 3. The van der Waals surface area contributed by atoms with Gasteiger partial charge in [0.25, 0.3) is 11.7 Å². The van der Waals surface area contributed by atoms with Crippen LogP contribution >= 0.6 is 0 Å². The molecule has 0 unspecified atom stereocenters. The van der Waals surface area contributed by atoms with Gasteiger partial charge in [-0.3, -0.25) is 19.3 Å². The van der Waals surface area contributed by atoms with Crippen LogP contribution in [0, 0.1) is 0 Å². The van der Waals surface area contributed by atoms with Crippen LogP contribution in [-0.4, -0.2) is 42.6 Å². The topological polar surface area (TPSA) is 57.7 Å². The highest BCUT2D eigenvalue weighted by Gasteiger charge is 2.36. The molecule has 2 amide bonds.